The van der Waals surface area contributed by atoms with Crippen molar-refractivity contribution in [2.75, 3.05) is 31.1 Å². The fraction of sp³-hybridized carbons (Fsp3) is 0.250. The third-order valence-electron chi connectivity index (χ3n) is 7.07. The highest BCUT2D eigenvalue weighted by Gasteiger charge is 2.28. The van der Waals surface area contributed by atoms with Crippen LogP contribution in [0.2, 0.25) is 0 Å². The lowest BCUT2D eigenvalue weighted by atomic mass is 10.1. The first kappa shape index (κ1) is 29.2. The molecular formula is C32H31N4O5S-. The average Bonchev–Trinajstić information content (AvgIpc) is 2.99. The number of hydrogen-bond acceptors (Lipinski definition) is 7. The first-order valence-electron chi connectivity index (χ1n) is 13.6. The number of aliphatic carboxylic acids is 1. The summed E-state index contributed by atoms with van der Waals surface area (Å²) in [5.41, 5.74) is 3.83. The van der Waals surface area contributed by atoms with Crippen LogP contribution in [0.4, 0.5) is 5.69 Å². The molecule has 0 saturated carbocycles. The number of carboxylic acids is 1. The van der Waals surface area contributed by atoms with Crippen molar-refractivity contribution in [2.24, 2.45) is 0 Å². The van der Waals surface area contributed by atoms with Crippen LogP contribution < -0.4 is 9.64 Å². The minimum Gasteiger partial charge on any atom is -0.759 e. The second-order valence-corrected chi connectivity index (χ2v) is 10.8. The van der Waals surface area contributed by atoms with Crippen LogP contribution in [0.5, 0.6) is 5.88 Å². The lowest BCUT2D eigenvalue weighted by molar-refractivity contribution is -0.139. The van der Waals surface area contributed by atoms with Gasteiger partial charge in [0.05, 0.1) is 6.42 Å². The van der Waals surface area contributed by atoms with Gasteiger partial charge in [-0.25, -0.2) is 9.99 Å². The third kappa shape index (κ3) is 7.32. The molecular weight excluding hydrogens is 552 g/mol. The van der Waals surface area contributed by atoms with E-state index >= 15 is 0 Å². The number of aromatic nitrogens is 1. The van der Waals surface area contributed by atoms with E-state index in [-0.39, 0.29) is 6.42 Å². The Hall–Kier alpha value is -4.27. The van der Waals surface area contributed by atoms with Crippen molar-refractivity contribution < 1.29 is 23.4 Å². The molecule has 0 amide bonds. The van der Waals surface area contributed by atoms with Crippen molar-refractivity contribution in [3.63, 3.8) is 0 Å². The summed E-state index contributed by atoms with van der Waals surface area (Å²) >= 11 is -2.54. The SMILES string of the molecule is CC(CC(=O)O)N(N1CCN(c2ccc(C#Cc3ccc4ccnc(OCc5ccccc5)c4c3)cc2)CC1)S(=O)[O-]. The first-order chi connectivity index (χ1) is 20.4. The molecule has 2 atom stereocenters. The molecule has 0 bridgehead atoms. The van der Waals surface area contributed by atoms with Crippen LogP contribution >= 0.6 is 0 Å². The monoisotopic (exact) mass is 583 g/mol. The van der Waals surface area contributed by atoms with Gasteiger partial charge >= 0.3 is 5.97 Å². The first-order valence-corrected chi connectivity index (χ1v) is 14.7. The number of hydrogen-bond donors (Lipinski definition) is 1. The summed E-state index contributed by atoms with van der Waals surface area (Å²) in [6, 6.07) is 25.2. The minimum absolute atomic E-state index is 0.254. The van der Waals surface area contributed by atoms with Crippen molar-refractivity contribution >= 4 is 33.7 Å². The van der Waals surface area contributed by atoms with Crippen molar-refractivity contribution in [1.29, 1.82) is 0 Å². The highest BCUT2D eigenvalue weighted by atomic mass is 32.2. The van der Waals surface area contributed by atoms with Crippen molar-refractivity contribution in [3.05, 3.63) is 102 Å². The molecule has 0 radical (unpaired) electrons. The van der Waals surface area contributed by atoms with Crippen molar-refractivity contribution in [2.45, 2.75) is 26.0 Å². The molecule has 216 valence electrons. The van der Waals surface area contributed by atoms with E-state index in [1.165, 1.54) is 0 Å². The zero-order valence-electron chi connectivity index (χ0n) is 23.2. The van der Waals surface area contributed by atoms with E-state index in [4.69, 9.17) is 9.84 Å². The van der Waals surface area contributed by atoms with Gasteiger partial charge < -0.3 is 19.3 Å². The molecule has 4 aromatic rings. The quantitative estimate of drug-likeness (QED) is 0.231. The zero-order valence-corrected chi connectivity index (χ0v) is 24.0. The van der Waals surface area contributed by atoms with Gasteiger partial charge in [0.2, 0.25) is 5.88 Å². The van der Waals surface area contributed by atoms with Gasteiger partial charge in [-0.2, -0.15) is 4.41 Å². The van der Waals surface area contributed by atoms with E-state index in [0.29, 0.717) is 38.7 Å². The van der Waals surface area contributed by atoms with Crippen LogP contribution in [0.25, 0.3) is 10.8 Å². The predicted octanol–water partition coefficient (Wildman–Crippen LogP) is 4.21. The Bertz CT molecular complexity index is 1610. The number of pyridine rings is 1. The van der Waals surface area contributed by atoms with E-state index < -0.39 is 23.3 Å². The standard InChI is InChI=1S/C32H32N4O5S/c1-24(21-31(37)38)36(42(39)40)35-19-17-34(18-20-35)29-13-10-25(11-14-29)7-8-26-9-12-28-15-16-33-32(30(28)22-26)41-23-27-5-3-2-4-6-27/h2-6,9-16,22,24H,17-21,23H2,1H3,(H,37,38)(H,39,40)/p-1. The lowest BCUT2D eigenvalue weighted by Crippen LogP contribution is -2.57. The van der Waals surface area contributed by atoms with Crippen LogP contribution in [0.1, 0.15) is 30.0 Å². The Kier molecular flexibility index (Phi) is 9.46. The third-order valence-corrected chi connectivity index (χ3v) is 7.96. The van der Waals surface area contributed by atoms with E-state index in [0.717, 1.165) is 37.6 Å². The second kappa shape index (κ2) is 13.6. The molecule has 2 unspecified atom stereocenters. The van der Waals surface area contributed by atoms with Gasteiger partial charge in [-0.05, 0) is 60.3 Å². The topological polar surface area (TPSA) is 109 Å². The van der Waals surface area contributed by atoms with E-state index in [1.807, 2.05) is 78.9 Å². The Morgan fingerprint density at radius 2 is 1.71 bits per heavy atom. The van der Waals surface area contributed by atoms with Crippen LogP contribution in [0.15, 0.2) is 85.1 Å². The Morgan fingerprint density at radius 3 is 2.40 bits per heavy atom. The maximum atomic E-state index is 11.8. The summed E-state index contributed by atoms with van der Waals surface area (Å²) in [4.78, 5) is 17.7. The number of ether oxygens (including phenoxy) is 1. The zero-order chi connectivity index (χ0) is 29.5. The average molecular weight is 584 g/mol. The summed E-state index contributed by atoms with van der Waals surface area (Å²) in [5.74, 6) is 6.02. The molecule has 42 heavy (non-hydrogen) atoms. The van der Waals surface area contributed by atoms with E-state index in [1.54, 1.807) is 18.1 Å². The number of anilines is 1. The van der Waals surface area contributed by atoms with E-state index in [9.17, 15) is 13.6 Å². The van der Waals surface area contributed by atoms with Gasteiger partial charge in [-0.15, -0.1) is 0 Å². The molecule has 0 spiro atoms. The number of rotatable bonds is 9. The number of carbonyl (C=O) groups is 1. The molecule has 5 rings (SSSR count). The number of benzene rings is 3. The normalized spacial score (nSPS) is 15.2. The molecule has 1 aromatic heterocycles. The largest absolute Gasteiger partial charge is 0.759 e. The van der Waals surface area contributed by atoms with Gasteiger partial charge in [0, 0.05) is 71.9 Å². The maximum Gasteiger partial charge on any atom is 0.305 e. The fourth-order valence-electron chi connectivity index (χ4n) is 4.96. The lowest BCUT2D eigenvalue weighted by Gasteiger charge is -2.44. The number of carboxylic acid groups (broad SMARTS) is 1. The molecule has 1 aliphatic heterocycles. The number of nitrogens with zero attached hydrogens (tertiary/aromatic N) is 4. The molecule has 10 heteroatoms. The van der Waals surface area contributed by atoms with Crippen LogP contribution in [0, 0.1) is 11.8 Å². The second-order valence-electron chi connectivity index (χ2n) is 10.0. The number of hydrazine groups is 1. The van der Waals surface area contributed by atoms with Crippen molar-refractivity contribution in [1.82, 2.24) is 14.4 Å². The molecule has 1 N–H and O–H groups in total. The molecule has 0 aliphatic carbocycles. The van der Waals surface area contributed by atoms with Gasteiger partial charge in [-0.1, -0.05) is 48.2 Å². The summed E-state index contributed by atoms with van der Waals surface area (Å²) in [7, 11) is 0. The van der Waals surface area contributed by atoms with Gasteiger partial charge in [0.15, 0.2) is 0 Å². The molecule has 1 fully saturated rings. The highest BCUT2D eigenvalue weighted by Crippen LogP contribution is 2.25. The highest BCUT2D eigenvalue weighted by molar-refractivity contribution is 7.76. The molecule has 3 aromatic carbocycles. The summed E-state index contributed by atoms with van der Waals surface area (Å²) in [6.45, 7) is 4.19. The fourth-order valence-corrected chi connectivity index (χ4v) is 5.68. The van der Waals surface area contributed by atoms with Crippen LogP contribution in [-0.2, 0) is 22.7 Å². The Balaban J connectivity index is 1.22. The summed E-state index contributed by atoms with van der Waals surface area (Å²) in [6.07, 6.45) is 1.49. The van der Waals surface area contributed by atoms with Crippen molar-refractivity contribution in [3.8, 4) is 17.7 Å². The Labute approximate surface area is 247 Å². The van der Waals surface area contributed by atoms with Gasteiger partial charge in [-0.3, -0.25) is 9.00 Å². The number of fused-ring (bicyclic) bond motifs is 1. The van der Waals surface area contributed by atoms with Crippen LogP contribution in [-0.4, -0.2) is 66.5 Å². The number of piperazine rings is 1. The molecule has 1 aliphatic rings. The van der Waals surface area contributed by atoms with Gasteiger partial charge in [0.1, 0.15) is 6.61 Å². The maximum absolute atomic E-state index is 11.8. The van der Waals surface area contributed by atoms with E-state index in [2.05, 4.69) is 21.7 Å². The molecule has 1 saturated heterocycles. The predicted molar refractivity (Wildman–Crippen MR) is 161 cm³/mol. The molecule has 2 heterocycles. The summed E-state index contributed by atoms with van der Waals surface area (Å²) in [5, 5.41) is 12.7. The minimum atomic E-state index is -2.54. The van der Waals surface area contributed by atoms with Crippen LogP contribution in [0.3, 0.4) is 0 Å². The smallest absolute Gasteiger partial charge is 0.305 e. The molecule has 9 nitrogen and oxygen atoms in total. The summed E-state index contributed by atoms with van der Waals surface area (Å²) < 4.78 is 30.8. The Morgan fingerprint density at radius 1 is 1.02 bits per heavy atom. The van der Waals surface area contributed by atoms with Gasteiger partial charge in [0.25, 0.3) is 0 Å².